The predicted octanol–water partition coefficient (Wildman–Crippen LogP) is 2.95. The molecule has 0 spiro atoms. The van der Waals surface area contributed by atoms with Gasteiger partial charge in [0.2, 0.25) is 5.91 Å². The number of carbonyl (C=O) groups is 2. The molecule has 1 amide bonds. The van der Waals surface area contributed by atoms with E-state index in [9.17, 15) is 9.59 Å². The lowest BCUT2D eigenvalue weighted by molar-refractivity contribution is -0.138. The van der Waals surface area contributed by atoms with Gasteiger partial charge in [-0.15, -0.1) is 0 Å². The molecular formula is C15H20BrNO3. The first kappa shape index (κ1) is 16.7. The van der Waals surface area contributed by atoms with Gasteiger partial charge in [-0.05, 0) is 17.5 Å². The molecule has 0 aromatic heterocycles. The molecule has 0 saturated heterocycles. The number of halogens is 1. The Labute approximate surface area is 127 Å². The highest BCUT2D eigenvalue weighted by molar-refractivity contribution is 9.10. The van der Waals surface area contributed by atoms with Gasteiger partial charge in [-0.25, -0.2) is 0 Å². The van der Waals surface area contributed by atoms with Crippen molar-refractivity contribution in [3.8, 4) is 0 Å². The van der Waals surface area contributed by atoms with Crippen molar-refractivity contribution in [2.24, 2.45) is 5.92 Å². The lowest BCUT2D eigenvalue weighted by Crippen LogP contribution is -2.37. The van der Waals surface area contributed by atoms with Crippen LogP contribution in [0.15, 0.2) is 28.7 Å². The van der Waals surface area contributed by atoms with Crippen LogP contribution in [0.4, 0.5) is 0 Å². The first-order valence-corrected chi connectivity index (χ1v) is 7.42. The molecule has 0 saturated carbocycles. The third-order valence-corrected chi connectivity index (χ3v) is 3.61. The van der Waals surface area contributed by atoms with E-state index in [2.05, 4.69) is 15.9 Å². The van der Waals surface area contributed by atoms with Gasteiger partial charge in [0.25, 0.3) is 0 Å². The molecule has 0 atom stereocenters. The molecule has 0 heterocycles. The van der Waals surface area contributed by atoms with Gasteiger partial charge in [0, 0.05) is 17.6 Å². The maximum Gasteiger partial charge on any atom is 0.305 e. The van der Waals surface area contributed by atoms with Crippen molar-refractivity contribution in [3.63, 3.8) is 0 Å². The number of nitrogens with zero attached hydrogens (tertiary/aromatic N) is 1. The molecule has 0 fully saturated rings. The Morgan fingerprint density at radius 3 is 2.50 bits per heavy atom. The van der Waals surface area contributed by atoms with Crippen molar-refractivity contribution < 1.29 is 14.7 Å². The summed E-state index contributed by atoms with van der Waals surface area (Å²) in [5.74, 6) is -0.605. The fraction of sp³-hybridized carbons (Fsp3) is 0.467. The molecule has 5 heteroatoms. The number of rotatable bonds is 7. The van der Waals surface area contributed by atoms with Crippen LogP contribution in [0.5, 0.6) is 0 Å². The first-order valence-electron chi connectivity index (χ1n) is 6.63. The monoisotopic (exact) mass is 341 g/mol. The molecular weight excluding hydrogens is 322 g/mol. The third-order valence-electron chi connectivity index (χ3n) is 2.83. The fourth-order valence-electron chi connectivity index (χ4n) is 1.91. The summed E-state index contributed by atoms with van der Waals surface area (Å²) in [7, 11) is 0. The van der Waals surface area contributed by atoms with E-state index >= 15 is 0 Å². The standard InChI is InChI=1S/C15H20BrNO3/c1-11(2)10-17(8-7-15(19)20)14(18)9-12-5-3-4-6-13(12)16/h3-6,11H,7-10H2,1-2H3,(H,19,20). The van der Waals surface area contributed by atoms with Gasteiger partial charge in [0.1, 0.15) is 0 Å². The van der Waals surface area contributed by atoms with E-state index in [0.29, 0.717) is 12.5 Å². The van der Waals surface area contributed by atoms with Crippen LogP contribution in [0.1, 0.15) is 25.8 Å². The zero-order chi connectivity index (χ0) is 15.1. The largest absolute Gasteiger partial charge is 0.481 e. The van der Waals surface area contributed by atoms with Gasteiger partial charge < -0.3 is 10.0 Å². The fourth-order valence-corrected chi connectivity index (χ4v) is 2.33. The number of hydrogen-bond donors (Lipinski definition) is 1. The molecule has 0 aliphatic heterocycles. The Hall–Kier alpha value is -1.36. The predicted molar refractivity (Wildman–Crippen MR) is 81.5 cm³/mol. The van der Waals surface area contributed by atoms with Crippen LogP contribution in [0.3, 0.4) is 0 Å². The molecule has 1 N–H and O–H groups in total. The summed E-state index contributed by atoms with van der Waals surface area (Å²) in [5, 5.41) is 8.77. The van der Waals surface area contributed by atoms with Crippen molar-refractivity contribution in [2.45, 2.75) is 26.7 Å². The maximum atomic E-state index is 12.3. The van der Waals surface area contributed by atoms with E-state index in [1.165, 1.54) is 0 Å². The zero-order valence-electron chi connectivity index (χ0n) is 11.8. The third kappa shape index (κ3) is 5.74. The second-order valence-corrected chi connectivity index (χ2v) is 6.00. The topological polar surface area (TPSA) is 57.6 Å². The summed E-state index contributed by atoms with van der Waals surface area (Å²) in [5.41, 5.74) is 0.918. The van der Waals surface area contributed by atoms with Gasteiger partial charge in [-0.1, -0.05) is 48.0 Å². The van der Waals surface area contributed by atoms with Crippen LogP contribution in [0, 0.1) is 5.92 Å². The van der Waals surface area contributed by atoms with Crippen LogP contribution in [-0.2, 0) is 16.0 Å². The van der Waals surface area contributed by atoms with Crippen molar-refractivity contribution in [1.82, 2.24) is 4.90 Å². The number of benzene rings is 1. The summed E-state index contributed by atoms with van der Waals surface area (Å²) in [4.78, 5) is 24.6. The second-order valence-electron chi connectivity index (χ2n) is 5.15. The minimum atomic E-state index is -0.882. The van der Waals surface area contributed by atoms with Gasteiger partial charge in [0.05, 0.1) is 12.8 Å². The van der Waals surface area contributed by atoms with Crippen LogP contribution >= 0.6 is 15.9 Å². The molecule has 4 nitrogen and oxygen atoms in total. The summed E-state index contributed by atoms with van der Waals surface area (Å²) >= 11 is 3.42. The van der Waals surface area contributed by atoms with Crippen molar-refractivity contribution in [2.75, 3.05) is 13.1 Å². The number of amides is 1. The van der Waals surface area contributed by atoms with Crippen molar-refractivity contribution in [1.29, 1.82) is 0 Å². The Kier molecular flexibility index (Phi) is 6.71. The average molecular weight is 342 g/mol. The Bertz CT molecular complexity index is 474. The maximum absolute atomic E-state index is 12.3. The summed E-state index contributed by atoms with van der Waals surface area (Å²) in [6, 6.07) is 7.57. The summed E-state index contributed by atoms with van der Waals surface area (Å²) in [6.45, 7) is 4.87. The minimum Gasteiger partial charge on any atom is -0.481 e. The van der Waals surface area contributed by atoms with Gasteiger partial charge in [-0.2, -0.15) is 0 Å². The number of carbonyl (C=O) groups excluding carboxylic acids is 1. The quantitative estimate of drug-likeness (QED) is 0.829. The van der Waals surface area contributed by atoms with E-state index in [4.69, 9.17) is 5.11 Å². The molecule has 0 bridgehead atoms. The molecule has 0 radical (unpaired) electrons. The van der Waals surface area contributed by atoms with Crippen molar-refractivity contribution in [3.05, 3.63) is 34.3 Å². The Balaban J connectivity index is 2.72. The SMILES string of the molecule is CC(C)CN(CCC(=O)O)C(=O)Cc1ccccc1Br. The molecule has 0 aliphatic carbocycles. The molecule has 110 valence electrons. The van der Waals surface area contributed by atoms with Gasteiger partial charge >= 0.3 is 5.97 Å². The Morgan fingerprint density at radius 2 is 1.95 bits per heavy atom. The average Bonchev–Trinajstić information content (AvgIpc) is 2.36. The summed E-state index contributed by atoms with van der Waals surface area (Å²) < 4.78 is 0.899. The van der Waals surface area contributed by atoms with E-state index in [1.54, 1.807) is 4.90 Å². The number of carboxylic acid groups (broad SMARTS) is 1. The van der Waals surface area contributed by atoms with E-state index < -0.39 is 5.97 Å². The van der Waals surface area contributed by atoms with E-state index in [-0.39, 0.29) is 25.3 Å². The zero-order valence-corrected chi connectivity index (χ0v) is 13.4. The van der Waals surface area contributed by atoms with Crippen LogP contribution < -0.4 is 0 Å². The smallest absolute Gasteiger partial charge is 0.305 e. The highest BCUT2D eigenvalue weighted by Gasteiger charge is 2.17. The Morgan fingerprint density at radius 1 is 1.30 bits per heavy atom. The summed E-state index contributed by atoms with van der Waals surface area (Å²) in [6.07, 6.45) is 0.266. The normalized spacial score (nSPS) is 10.6. The molecule has 0 aliphatic rings. The van der Waals surface area contributed by atoms with Crippen LogP contribution in [0.2, 0.25) is 0 Å². The van der Waals surface area contributed by atoms with E-state index in [1.807, 2.05) is 38.1 Å². The lowest BCUT2D eigenvalue weighted by atomic mass is 10.1. The molecule has 1 aromatic rings. The highest BCUT2D eigenvalue weighted by atomic mass is 79.9. The van der Waals surface area contributed by atoms with Crippen molar-refractivity contribution >= 4 is 27.8 Å². The highest BCUT2D eigenvalue weighted by Crippen LogP contribution is 2.17. The number of aliphatic carboxylic acids is 1. The lowest BCUT2D eigenvalue weighted by Gasteiger charge is -2.24. The number of carboxylic acids is 1. The molecule has 20 heavy (non-hydrogen) atoms. The van der Waals surface area contributed by atoms with Crippen LogP contribution in [-0.4, -0.2) is 35.0 Å². The molecule has 1 aromatic carbocycles. The second kappa shape index (κ2) is 8.04. The van der Waals surface area contributed by atoms with E-state index in [0.717, 1.165) is 10.0 Å². The van der Waals surface area contributed by atoms with Crippen LogP contribution in [0.25, 0.3) is 0 Å². The molecule has 0 unspecified atom stereocenters. The number of hydrogen-bond acceptors (Lipinski definition) is 2. The first-order chi connectivity index (χ1) is 9.40. The molecule has 1 rings (SSSR count). The van der Waals surface area contributed by atoms with Gasteiger partial charge in [-0.3, -0.25) is 9.59 Å². The minimum absolute atomic E-state index is 0.0194. The van der Waals surface area contributed by atoms with Gasteiger partial charge in [0.15, 0.2) is 0 Å².